The molecule has 1 N–H and O–H groups in total. The van der Waals surface area contributed by atoms with Crippen LogP contribution >= 0.6 is 0 Å². The van der Waals surface area contributed by atoms with Gasteiger partial charge in [-0.15, -0.1) is 0 Å². The standard InChI is InChI=1S/C16H17N5O4/c22-16(25-14-8-24-15-13(14)5-6-23-15)20-18-7-11-1-3-12(4-2-11)21-10-17-9-19-21/h1-4,7,9-10,13-15H,5-6,8H2,(H,20,22)/t13-,14?,15+/m0/s1. The van der Waals surface area contributed by atoms with E-state index >= 15 is 0 Å². The van der Waals surface area contributed by atoms with Crippen LogP contribution in [0.25, 0.3) is 5.69 Å². The Bertz CT molecular complexity index is 746. The van der Waals surface area contributed by atoms with Gasteiger partial charge in [-0.1, -0.05) is 12.1 Å². The third kappa shape index (κ3) is 3.52. The molecule has 9 nitrogen and oxygen atoms in total. The second kappa shape index (κ2) is 6.99. The highest BCUT2D eigenvalue weighted by molar-refractivity contribution is 5.81. The molecular formula is C16H17N5O4. The molecule has 1 amide bonds. The molecule has 2 saturated heterocycles. The number of ether oxygens (including phenoxy) is 3. The zero-order valence-electron chi connectivity index (χ0n) is 13.3. The van der Waals surface area contributed by atoms with Crippen molar-refractivity contribution in [3.63, 3.8) is 0 Å². The first-order valence-corrected chi connectivity index (χ1v) is 7.97. The first-order chi connectivity index (χ1) is 12.3. The number of hydrogen-bond acceptors (Lipinski definition) is 7. The largest absolute Gasteiger partial charge is 0.442 e. The molecule has 0 radical (unpaired) electrons. The van der Waals surface area contributed by atoms with Gasteiger partial charge < -0.3 is 14.2 Å². The summed E-state index contributed by atoms with van der Waals surface area (Å²) in [5, 5.41) is 7.96. The Balaban J connectivity index is 1.28. The lowest BCUT2D eigenvalue weighted by Crippen LogP contribution is -2.30. The highest BCUT2D eigenvalue weighted by Crippen LogP contribution is 2.32. The minimum absolute atomic E-state index is 0.110. The summed E-state index contributed by atoms with van der Waals surface area (Å²) in [6.45, 7) is 0.996. The lowest BCUT2D eigenvalue weighted by atomic mass is 10.0. The predicted octanol–water partition coefficient (Wildman–Crippen LogP) is 1.09. The molecule has 0 bridgehead atoms. The Kier molecular flexibility index (Phi) is 4.40. The SMILES string of the molecule is O=C(NN=Cc1ccc(-n2cncn2)cc1)OC1CO[C@H]2OCC[C@@H]12. The summed E-state index contributed by atoms with van der Waals surface area (Å²) >= 11 is 0. The summed E-state index contributed by atoms with van der Waals surface area (Å²) < 4.78 is 17.8. The minimum Gasteiger partial charge on any atom is -0.442 e. The Hall–Kier alpha value is -2.78. The van der Waals surface area contributed by atoms with E-state index in [9.17, 15) is 4.79 Å². The van der Waals surface area contributed by atoms with E-state index < -0.39 is 6.09 Å². The maximum Gasteiger partial charge on any atom is 0.428 e. The molecule has 4 rings (SSSR count). The van der Waals surface area contributed by atoms with Crippen molar-refractivity contribution in [2.45, 2.75) is 18.8 Å². The fourth-order valence-corrected chi connectivity index (χ4v) is 2.93. The van der Waals surface area contributed by atoms with Crippen LogP contribution in [-0.2, 0) is 14.2 Å². The fourth-order valence-electron chi connectivity index (χ4n) is 2.93. The van der Waals surface area contributed by atoms with Crippen molar-refractivity contribution in [3.05, 3.63) is 42.5 Å². The van der Waals surface area contributed by atoms with Gasteiger partial charge in [0, 0.05) is 0 Å². The highest BCUT2D eigenvalue weighted by atomic mass is 16.7. The Morgan fingerprint density at radius 1 is 1.36 bits per heavy atom. The first kappa shape index (κ1) is 15.7. The van der Waals surface area contributed by atoms with Crippen LogP contribution in [0.3, 0.4) is 0 Å². The Labute approximate surface area is 143 Å². The number of benzene rings is 1. The van der Waals surface area contributed by atoms with E-state index in [-0.39, 0.29) is 18.3 Å². The highest BCUT2D eigenvalue weighted by Gasteiger charge is 2.43. The second-order valence-electron chi connectivity index (χ2n) is 5.77. The number of aromatic nitrogens is 3. The van der Waals surface area contributed by atoms with E-state index in [1.165, 1.54) is 6.33 Å². The Morgan fingerprint density at radius 2 is 2.24 bits per heavy atom. The van der Waals surface area contributed by atoms with Crippen molar-refractivity contribution >= 4 is 12.3 Å². The van der Waals surface area contributed by atoms with Crippen molar-refractivity contribution in [1.29, 1.82) is 0 Å². The topological polar surface area (TPSA) is 99.9 Å². The number of amides is 1. The van der Waals surface area contributed by atoms with E-state index in [1.807, 2.05) is 24.3 Å². The third-order valence-corrected chi connectivity index (χ3v) is 4.19. The summed E-state index contributed by atoms with van der Waals surface area (Å²) in [4.78, 5) is 15.7. The number of nitrogens with zero attached hydrogens (tertiary/aromatic N) is 4. The summed E-state index contributed by atoms with van der Waals surface area (Å²) in [7, 11) is 0. The average Bonchev–Trinajstić information content (AvgIpc) is 3.35. The fraction of sp³-hybridized carbons (Fsp3) is 0.375. The van der Waals surface area contributed by atoms with Crippen LogP contribution in [0.15, 0.2) is 42.0 Å². The zero-order valence-corrected chi connectivity index (χ0v) is 13.3. The maximum atomic E-state index is 11.8. The zero-order chi connectivity index (χ0) is 17.1. The van der Waals surface area contributed by atoms with E-state index in [2.05, 4.69) is 20.6 Å². The van der Waals surface area contributed by atoms with Crippen LogP contribution in [0.1, 0.15) is 12.0 Å². The monoisotopic (exact) mass is 343 g/mol. The third-order valence-electron chi connectivity index (χ3n) is 4.19. The van der Waals surface area contributed by atoms with Gasteiger partial charge in [0.2, 0.25) is 0 Å². The van der Waals surface area contributed by atoms with Crippen LogP contribution in [-0.4, -0.2) is 52.7 Å². The first-order valence-electron chi connectivity index (χ1n) is 7.97. The molecule has 130 valence electrons. The van der Waals surface area contributed by atoms with Crippen molar-refractivity contribution in [2.24, 2.45) is 11.0 Å². The molecule has 1 aromatic carbocycles. The second-order valence-corrected chi connectivity index (χ2v) is 5.77. The lowest BCUT2D eigenvalue weighted by Gasteiger charge is -2.14. The molecule has 2 aliphatic rings. The number of carbonyl (C=O) groups excluding carboxylic acids is 1. The molecule has 0 saturated carbocycles. The summed E-state index contributed by atoms with van der Waals surface area (Å²) in [5.74, 6) is 0.110. The van der Waals surface area contributed by atoms with Crippen LogP contribution in [0.2, 0.25) is 0 Å². The minimum atomic E-state index is -0.600. The number of carbonyl (C=O) groups is 1. The number of rotatable bonds is 4. The van der Waals surface area contributed by atoms with E-state index in [0.717, 1.165) is 17.7 Å². The molecule has 1 aromatic heterocycles. The molecule has 1 unspecified atom stereocenters. The van der Waals surface area contributed by atoms with Crippen molar-refractivity contribution in [3.8, 4) is 5.69 Å². The van der Waals surface area contributed by atoms with Crippen molar-refractivity contribution < 1.29 is 19.0 Å². The molecule has 25 heavy (non-hydrogen) atoms. The number of hydrogen-bond donors (Lipinski definition) is 1. The summed E-state index contributed by atoms with van der Waals surface area (Å²) in [6.07, 6.45) is 4.34. The molecule has 3 heterocycles. The van der Waals surface area contributed by atoms with Gasteiger partial charge in [0.15, 0.2) is 6.29 Å². The molecule has 0 aliphatic carbocycles. The molecular weight excluding hydrogens is 326 g/mol. The number of hydrazone groups is 1. The summed E-state index contributed by atoms with van der Waals surface area (Å²) in [5.41, 5.74) is 4.08. The van der Waals surface area contributed by atoms with Gasteiger partial charge in [-0.2, -0.15) is 10.2 Å². The van der Waals surface area contributed by atoms with Crippen LogP contribution in [0.5, 0.6) is 0 Å². The van der Waals surface area contributed by atoms with Gasteiger partial charge in [-0.25, -0.2) is 19.9 Å². The molecule has 2 aromatic rings. The smallest absolute Gasteiger partial charge is 0.428 e. The molecule has 2 aliphatic heterocycles. The van der Waals surface area contributed by atoms with Gasteiger partial charge in [0.25, 0.3) is 0 Å². The molecule has 3 atom stereocenters. The van der Waals surface area contributed by atoms with E-state index in [1.54, 1.807) is 17.2 Å². The number of fused-ring (bicyclic) bond motifs is 1. The van der Waals surface area contributed by atoms with Gasteiger partial charge in [-0.3, -0.25) is 0 Å². The quantitative estimate of drug-likeness (QED) is 0.659. The lowest BCUT2D eigenvalue weighted by molar-refractivity contribution is -0.0907. The summed E-state index contributed by atoms with van der Waals surface area (Å²) in [6, 6.07) is 7.48. The molecule has 9 heteroatoms. The van der Waals surface area contributed by atoms with Gasteiger partial charge in [-0.05, 0) is 24.1 Å². The van der Waals surface area contributed by atoms with Crippen LogP contribution in [0, 0.1) is 5.92 Å². The predicted molar refractivity (Wildman–Crippen MR) is 86.2 cm³/mol. The average molecular weight is 343 g/mol. The van der Waals surface area contributed by atoms with E-state index in [4.69, 9.17) is 14.2 Å². The molecule has 0 spiro atoms. The maximum absolute atomic E-state index is 11.8. The Morgan fingerprint density at radius 3 is 3.04 bits per heavy atom. The van der Waals surface area contributed by atoms with Gasteiger partial charge >= 0.3 is 6.09 Å². The van der Waals surface area contributed by atoms with Crippen molar-refractivity contribution in [2.75, 3.05) is 13.2 Å². The normalized spacial score (nSPS) is 25.2. The number of nitrogens with one attached hydrogen (secondary N) is 1. The van der Waals surface area contributed by atoms with E-state index in [0.29, 0.717) is 13.2 Å². The van der Waals surface area contributed by atoms with Crippen LogP contribution in [0.4, 0.5) is 4.79 Å². The van der Waals surface area contributed by atoms with Crippen molar-refractivity contribution in [1.82, 2.24) is 20.2 Å². The molecule has 2 fully saturated rings. The van der Waals surface area contributed by atoms with Gasteiger partial charge in [0.1, 0.15) is 18.8 Å². The van der Waals surface area contributed by atoms with Crippen LogP contribution < -0.4 is 5.43 Å². The van der Waals surface area contributed by atoms with Gasteiger partial charge in [0.05, 0.1) is 31.0 Å².